The minimum Gasteiger partial charge on any atom is -0.325 e. The van der Waals surface area contributed by atoms with Crippen LogP contribution in [0.4, 0.5) is 13.6 Å². The molecule has 0 aliphatic carbocycles. The van der Waals surface area contributed by atoms with Crippen LogP contribution in [-0.4, -0.2) is 60.1 Å². The molecule has 5 rings (SSSR count). The summed E-state index contributed by atoms with van der Waals surface area (Å²) in [5.74, 6) is -1.23. The Morgan fingerprint density at radius 2 is 1.70 bits per heavy atom. The lowest BCUT2D eigenvalue weighted by atomic mass is 9.82. The van der Waals surface area contributed by atoms with Gasteiger partial charge in [-0.3, -0.25) is 4.99 Å². The molecule has 2 fully saturated rings. The standard InChI is InChI=1S/C29H31F2N5O/c1-2-19-6-8-21(9-7-19)22-14-23(18-36(17-22)29(37)35-12-10-20(15-32)11-13-35)26-16-33-28(34-26)27-24(30)4-3-5-25(27)31/h3-9,20,22-23H,2,10-14,16-18H2,1H3. The van der Waals surface area contributed by atoms with Gasteiger partial charge in [-0.1, -0.05) is 37.3 Å². The number of aryl methyl sites for hydroxylation is 1. The van der Waals surface area contributed by atoms with E-state index < -0.39 is 11.6 Å². The molecule has 6 nitrogen and oxygen atoms in total. The number of amides is 2. The van der Waals surface area contributed by atoms with Crippen LogP contribution >= 0.6 is 0 Å². The first kappa shape index (κ1) is 25.1. The third-order valence-corrected chi connectivity index (χ3v) is 7.83. The molecule has 0 bridgehead atoms. The summed E-state index contributed by atoms with van der Waals surface area (Å²) in [6, 6.07) is 14.6. The number of urea groups is 1. The predicted octanol–water partition coefficient (Wildman–Crippen LogP) is 5.19. The summed E-state index contributed by atoms with van der Waals surface area (Å²) < 4.78 is 28.8. The molecule has 3 aliphatic rings. The van der Waals surface area contributed by atoms with Crippen molar-refractivity contribution in [1.82, 2.24) is 9.80 Å². The molecule has 192 valence electrons. The second kappa shape index (κ2) is 10.8. The third kappa shape index (κ3) is 5.27. The summed E-state index contributed by atoms with van der Waals surface area (Å²) >= 11 is 0. The zero-order valence-corrected chi connectivity index (χ0v) is 21.0. The van der Waals surface area contributed by atoms with Gasteiger partial charge < -0.3 is 9.80 Å². The highest BCUT2D eigenvalue weighted by molar-refractivity contribution is 6.12. The van der Waals surface area contributed by atoms with Crippen LogP contribution in [0.5, 0.6) is 0 Å². The van der Waals surface area contributed by atoms with Crippen molar-refractivity contribution in [3.05, 3.63) is 70.8 Å². The van der Waals surface area contributed by atoms with Crippen molar-refractivity contribution in [2.45, 2.75) is 38.5 Å². The molecule has 0 N–H and O–H groups in total. The minimum absolute atomic E-state index is 0.00479. The van der Waals surface area contributed by atoms with Gasteiger partial charge in [-0.05, 0) is 48.9 Å². The quantitative estimate of drug-likeness (QED) is 0.576. The Hall–Kier alpha value is -3.60. The van der Waals surface area contributed by atoms with Crippen molar-refractivity contribution in [3.8, 4) is 6.07 Å². The summed E-state index contributed by atoms with van der Waals surface area (Å²) in [6.45, 7) is 4.63. The number of halogens is 2. The number of nitrogens with zero attached hydrogens (tertiary/aromatic N) is 5. The van der Waals surface area contributed by atoms with E-state index in [0.29, 0.717) is 39.0 Å². The Bertz CT molecular complexity index is 1240. The Balaban J connectivity index is 1.39. The van der Waals surface area contributed by atoms with E-state index in [1.807, 2.05) is 9.80 Å². The molecule has 2 saturated heterocycles. The summed E-state index contributed by atoms with van der Waals surface area (Å²) in [6.07, 6.45) is 3.13. The Kier molecular flexibility index (Phi) is 7.31. The Labute approximate surface area is 216 Å². The number of amidine groups is 1. The fourth-order valence-corrected chi connectivity index (χ4v) is 5.59. The molecule has 3 heterocycles. The van der Waals surface area contributed by atoms with E-state index >= 15 is 0 Å². The van der Waals surface area contributed by atoms with Gasteiger partial charge in [-0.2, -0.15) is 5.26 Å². The number of aliphatic imine (C=N–C) groups is 2. The van der Waals surface area contributed by atoms with Gasteiger partial charge in [0, 0.05) is 49.6 Å². The summed E-state index contributed by atoms with van der Waals surface area (Å²) in [7, 11) is 0. The highest BCUT2D eigenvalue weighted by Gasteiger charge is 2.37. The van der Waals surface area contributed by atoms with Gasteiger partial charge in [0.25, 0.3) is 0 Å². The van der Waals surface area contributed by atoms with Crippen LogP contribution in [0.3, 0.4) is 0 Å². The molecule has 2 aromatic rings. The summed E-state index contributed by atoms with van der Waals surface area (Å²) in [4.78, 5) is 26.3. The second-order valence-electron chi connectivity index (χ2n) is 10.1. The first-order chi connectivity index (χ1) is 18.0. The lowest BCUT2D eigenvalue weighted by Gasteiger charge is -2.41. The third-order valence-electron chi connectivity index (χ3n) is 7.83. The Morgan fingerprint density at radius 3 is 2.35 bits per heavy atom. The average Bonchev–Trinajstić information content (AvgIpc) is 3.42. The largest absolute Gasteiger partial charge is 0.325 e. The normalized spacial score (nSPS) is 22.4. The van der Waals surface area contributed by atoms with E-state index in [4.69, 9.17) is 0 Å². The van der Waals surface area contributed by atoms with Gasteiger partial charge in [-0.25, -0.2) is 18.6 Å². The van der Waals surface area contributed by atoms with Crippen molar-refractivity contribution < 1.29 is 13.6 Å². The number of carbonyl (C=O) groups is 1. The van der Waals surface area contributed by atoms with Gasteiger partial charge >= 0.3 is 6.03 Å². The fraction of sp³-hybridized carbons (Fsp3) is 0.448. The van der Waals surface area contributed by atoms with Crippen LogP contribution in [0, 0.1) is 34.8 Å². The molecular formula is C29H31F2N5O. The van der Waals surface area contributed by atoms with Crippen molar-refractivity contribution in [3.63, 3.8) is 0 Å². The van der Waals surface area contributed by atoms with Crippen molar-refractivity contribution >= 4 is 17.6 Å². The lowest BCUT2D eigenvalue weighted by Crippen LogP contribution is -2.52. The first-order valence-corrected chi connectivity index (χ1v) is 13.0. The van der Waals surface area contributed by atoms with E-state index in [1.54, 1.807) is 0 Å². The monoisotopic (exact) mass is 503 g/mol. The average molecular weight is 504 g/mol. The number of hydrogen-bond donors (Lipinski definition) is 0. The van der Waals surface area contributed by atoms with Crippen molar-refractivity contribution in [2.24, 2.45) is 21.8 Å². The van der Waals surface area contributed by atoms with Gasteiger partial charge in [-0.15, -0.1) is 0 Å². The molecule has 0 saturated carbocycles. The van der Waals surface area contributed by atoms with Gasteiger partial charge in [0.2, 0.25) is 0 Å². The topological polar surface area (TPSA) is 72.1 Å². The number of piperidine rings is 2. The Morgan fingerprint density at radius 1 is 1.03 bits per heavy atom. The van der Waals surface area contributed by atoms with Crippen LogP contribution < -0.4 is 0 Å². The molecule has 2 atom stereocenters. The smallest absolute Gasteiger partial charge is 0.320 e. The van der Waals surface area contributed by atoms with E-state index in [2.05, 4.69) is 47.2 Å². The fourth-order valence-electron chi connectivity index (χ4n) is 5.59. The molecule has 37 heavy (non-hydrogen) atoms. The zero-order chi connectivity index (χ0) is 25.9. The molecule has 2 aromatic carbocycles. The van der Waals surface area contributed by atoms with E-state index in [9.17, 15) is 18.8 Å². The molecule has 2 amide bonds. The van der Waals surface area contributed by atoms with E-state index in [1.165, 1.54) is 29.3 Å². The number of likely N-dealkylation sites (tertiary alicyclic amines) is 2. The number of carbonyl (C=O) groups excluding carboxylic acids is 1. The maximum Gasteiger partial charge on any atom is 0.320 e. The summed E-state index contributed by atoms with van der Waals surface area (Å²) in [5.41, 5.74) is 2.99. The number of hydrogen-bond acceptors (Lipinski definition) is 4. The SMILES string of the molecule is CCc1ccc(C2CC(C3=NC(c4c(F)cccc4F)=NC3)CN(C(=O)N3CCC(C#N)CC3)C2)cc1. The molecule has 2 unspecified atom stereocenters. The molecule has 3 aliphatic heterocycles. The van der Waals surface area contributed by atoms with E-state index in [0.717, 1.165) is 18.6 Å². The second-order valence-corrected chi connectivity index (χ2v) is 10.1. The van der Waals surface area contributed by atoms with Gasteiger partial charge in [0.05, 0.1) is 18.2 Å². The number of nitriles is 1. The zero-order valence-electron chi connectivity index (χ0n) is 21.0. The van der Waals surface area contributed by atoms with E-state index in [-0.39, 0.29) is 41.7 Å². The maximum absolute atomic E-state index is 14.4. The van der Waals surface area contributed by atoms with Gasteiger partial charge in [0.1, 0.15) is 11.6 Å². The predicted molar refractivity (Wildman–Crippen MR) is 139 cm³/mol. The lowest BCUT2D eigenvalue weighted by molar-refractivity contribution is 0.119. The summed E-state index contributed by atoms with van der Waals surface area (Å²) in [5, 5.41) is 9.22. The van der Waals surface area contributed by atoms with Crippen LogP contribution in [-0.2, 0) is 6.42 Å². The minimum atomic E-state index is -0.682. The van der Waals surface area contributed by atoms with Crippen LogP contribution in [0.1, 0.15) is 48.8 Å². The maximum atomic E-state index is 14.4. The number of benzene rings is 2. The van der Waals surface area contributed by atoms with Crippen LogP contribution in [0.15, 0.2) is 52.4 Å². The van der Waals surface area contributed by atoms with Gasteiger partial charge in [0.15, 0.2) is 5.84 Å². The van der Waals surface area contributed by atoms with Crippen LogP contribution in [0.25, 0.3) is 0 Å². The molecule has 0 aromatic heterocycles. The molecule has 8 heteroatoms. The van der Waals surface area contributed by atoms with Crippen LogP contribution in [0.2, 0.25) is 0 Å². The first-order valence-electron chi connectivity index (χ1n) is 13.0. The van der Waals surface area contributed by atoms with Crippen molar-refractivity contribution in [1.29, 1.82) is 5.26 Å². The molecule has 0 radical (unpaired) electrons. The highest BCUT2D eigenvalue weighted by Crippen LogP contribution is 2.34. The number of rotatable bonds is 4. The highest BCUT2D eigenvalue weighted by atomic mass is 19.1. The van der Waals surface area contributed by atoms with Crippen molar-refractivity contribution in [2.75, 3.05) is 32.7 Å². The molecular weight excluding hydrogens is 472 g/mol. The molecule has 0 spiro atoms.